The molecule has 20 heavy (non-hydrogen) atoms. The van der Waals surface area contributed by atoms with Crippen LogP contribution >= 0.6 is 0 Å². The zero-order valence-corrected chi connectivity index (χ0v) is 12.0. The Labute approximate surface area is 119 Å². The Balaban J connectivity index is 1.75. The number of hydrogen-bond acceptors (Lipinski definition) is 4. The first-order chi connectivity index (χ1) is 9.88. The van der Waals surface area contributed by atoms with E-state index in [-0.39, 0.29) is 0 Å². The molecule has 1 fully saturated rings. The highest BCUT2D eigenvalue weighted by Crippen LogP contribution is 2.26. The second kappa shape index (κ2) is 6.33. The number of hydrogen-bond donors (Lipinski definition) is 1. The summed E-state index contributed by atoms with van der Waals surface area (Å²) in [6.07, 6.45) is 12.5. The molecule has 1 aliphatic rings. The summed E-state index contributed by atoms with van der Waals surface area (Å²) in [6, 6.07) is 0.325. The van der Waals surface area contributed by atoms with Crippen molar-refractivity contribution in [2.75, 3.05) is 13.2 Å². The summed E-state index contributed by atoms with van der Waals surface area (Å²) < 4.78 is 7.61. The van der Waals surface area contributed by atoms with Crippen molar-refractivity contribution in [1.29, 1.82) is 0 Å². The summed E-state index contributed by atoms with van der Waals surface area (Å²) in [7, 11) is 0. The van der Waals surface area contributed by atoms with Gasteiger partial charge >= 0.3 is 0 Å². The molecule has 2 unspecified atom stereocenters. The van der Waals surface area contributed by atoms with Gasteiger partial charge in [-0.05, 0) is 32.2 Å². The van der Waals surface area contributed by atoms with E-state index in [9.17, 15) is 0 Å². The molecule has 0 bridgehead atoms. The lowest BCUT2D eigenvalue weighted by Gasteiger charge is -2.19. The van der Waals surface area contributed by atoms with Gasteiger partial charge in [-0.3, -0.25) is 4.98 Å². The minimum atomic E-state index is 0.325. The van der Waals surface area contributed by atoms with Gasteiger partial charge < -0.3 is 10.1 Å². The number of nitrogens with zero attached hydrogens (tertiary/aromatic N) is 3. The van der Waals surface area contributed by atoms with E-state index in [4.69, 9.17) is 4.74 Å². The lowest BCUT2D eigenvalue weighted by Crippen LogP contribution is -2.22. The predicted molar refractivity (Wildman–Crippen MR) is 77.6 cm³/mol. The summed E-state index contributed by atoms with van der Waals surface area (Å²) in [4.78, 5) is 4.21. The van der Waals surface area contributed by atoms with Gasteiger partial charge in [-0.1, -0.05) is 6.92 Å². The average Bonchev–Trinajstić information content (AvgIpc) is 3.13. The van der Waals surface area contributed by atoms with Crippen LogP contribution in [0.3, 0.4) is 0 Å². The van der Waals surface area contributed by atoms with E-state index in [1.54, 1.807) is 6.20 Å². The predicted octanol–water partition coefficient (Wildman–Crippen LogP) is 2.34. The highest BCUT2D eigenvalue weighted by molar-refractivity contribution is 5.53. The summed E-state index contributed by atoms with van der Waals surface area (Å²) in [5, 5.41) is 7.97. The maximum Gasteiger partial charge on any atom is 0.0892 e. The summed E-state index contributed by atoms with van der Waals surface area (Å²) >= 11 is 0. The molecule has 108 valence electrons. The molecule has 0 spiro atoms. The molecule has 2 aromatic heterocycles. The van der Waals surface area contributed by atoms with Gasteiger partial charge in [0.1, 0.15) is 0 Å². The molecule has 0 radical (unpaired) electrons. The van der Waals surface area contributed by atoms with Crippen LogP contribution in [0.1, 0.15) is 44.2 Å². The highest BCUT2D eigenvalue weighted by atomic mass is 16.5. The van der Waals surface area contributed by atoms with Crippen LogP contribution in [0.2, 0.25) is 0 Å². The van der Waals surface area contributed by atoms with Crippen LogP contribution in [-0.2, 0) is 4.74 Å². The third-order valence-electron chi connectivity index (χ3n) is 3.98. The number of ether oxygens (including phenoxy) is 1. The van der Waals surface area contributed by atoms with Crippen molar-refractivity contribution in [2.24, 2.45) is 0 Å². The first kappa shape index (κ1) is 13.5. The summed E-state index contributed by atoms with van der Waals surface area (Å²) in [6.45, 7) is 4.02. The molecule has 2 aromatic rings. The lowest BCUT2D eigenvalue weighted by molar-refractivity contribution is 0.0997. The molecule has 0 aliphatic carbocycles. The molecule has 0 saturated carbocycles. The number of nitrogens with one attached hydrogen (secondary N) is 1. The van der Waals surface area contributed by atoms with Crippen LogP contribution < -0.4 is 5.32 Å². The van der Waals surface area contributed by atoms with Gasteiger partial charge in [0.05, 0.1) is 24.0 Å². The topological polar surface area (TPSA) is 51.5 Å². The van der Waals surface area contributed by atoms with Gasteiger partial charge in [0.25, 0.3) is 0 Å². The maximum atomic E-state index is 5.73. The van der Waals surface area contributed by atoms with Crippen molar-refractivity contribution in [2.45, 2.75) is 44.8 Å². The van der Waals surface area contributed by atoms with Crippen molar-refractivity contribution >= 4 is 5.52 Å². The molecule has 0 aromatic carbocycles. The number of rotatable bonds is 6. The standard InChI is InChI=1S/C15H22N4O/c1-2-17-14(6-5-12-4-3-9-20-12)13-10-18-19-8-7-16-11-15(13)19/h7-8,10-12,14,17H,2-6,9H2,1H3. The summed E-state index contributed by atoms with van der Waals surface area (Å²) in [5.74, 6) is 0. The highest BCUT2D eigenvalue weighted by Gasteiger charge is 2.20. The van der Waals surface area contributed by atoms with Gasteiger partial charge in [0.2, 0.25) is 0 Å². The fraction of sp³-hybridized carbons (Fsp3) is 0.600. The molecular weight excluding hydrogens is 252 g/mol. The molecule has 1 aliphatic heterocycles. The smallest absolute Gasteiger partial charge is 0.0892 e. The van der Waals surface area contributed by atoms with Crippen LogP contribution in [0.25, 0.3) is 5.52 Å². The molecule has 3 heterocycles. The zero-order valence-electron chi connectivity index (χ0n) is 12.0. The first-order valence-corrected chi connectivity index (χ1v) is 7.50. The molecule has 1 saturated heterocycles. The quantitative estimate of drug-likeness (QED) is 0.878. The van der Waals surface area contributed by atoms with Gasteiger partial charge in [-0.2, -0.15) is 5.10 Å². The number of aromatic nitrogens is 3. The molecule has 5 heteroatoms. The van der Waals surface area contributed by atoms with Crippen molar-refractivity contribution in [3.05, 3.63) is 30.4 Å². The Kier molecular flexibility index (Phi) is 4.28. The zero-order chi connectivity index (χ0) is 13.8. The molecule has 0 amide bonds. The fourth-order valence-electron chi connectivity index (χ4n) is 2.96. The maximum absolute atomic E-state index is 5.73. The van der Waals surface area contributed by atoms with Crippen molar-refractivity contribution in [3.8, 4) is 0 Å². The van der Waals surface area contributed by atoms with Gasteiger partial charge in [-0.25, -0.2) is 4.52 Å². The minimum absolute atomic E-state index is 0.325. The molecule has 2 atom stereocenters. The van der Waals surface area contributed by atoms with Crippen LogP contribution in [0.5, 0.6) is 0 Å². The largest absolute Gasteiger partial charge is 0.378 e. The van der Waals surface area contributed by atoms with Crippen molar-refractivity contribution in [1.82, 2.24) is 19.9 Å². The second-order valence-corrected chi connectivity index (χ2v) is 5.33. The molecule has 3 rings (SSSR count). The summed E-state index contributed by atoms with van der Waals surface area (Å²) in [5.41, 5.74) is 2.32. The van der Waals surface area contributed by atoms with Gasteiger partial charge in [0.15, 0.2) is 0 Å². The van der Waals surface area contributed by atoms with E-state index < -0.39 is 0 Å². The van der Waals surface area contributed by atoms with E-state index in [2.05, 4.69) is 22.3 Å². The Bertz CT molecular complexity index is 548. The van der Waals surface area contributed by atoms with E-state index in [1.165, 1.54) is 18.4 Å². The van der Waals surface area contributed by atoms with Crippen LogP contribution in [0.4, 0.5) is 0 Å². The van der Waals surface area contributed by atoms with Crippen molar-refractivity contribution < 1.29 is 4.74 Å². The minimum Gasteiger partial charge on any atom is -0.378 e. The van der Waals surface area contributed by atoms with E-state index in [0.29, 0.717) is 12.1 Å². The molecule has 1 N–H and O–H groups in total. The Morgan fingerprint density at radius 2 is 2.45 bits per heavy atom. The fourth-order valence-corrected chi connectivity index (χ4v) is 2.96. The van der Waals surface area contributed by atoms with Crippen LogP contribution in [0.15, 0.2) is 24.8 Å². The van der Waals surface area contributed by atoms with Crippen LogP contribution in [-0.4, -0.2) is 33.9 Å². The van der Waals surface area contributed by atoms with Crippen LogP contribution in [0, 0.1) is 0 Å². The lowest BCUT2D eigenvalue weighted by atomic mass is 10.0. The Morgan fingerprint density at radius 1 is 1.50 bits per heavy atom. The average molecular weight is 274 g/mol. The van der Waals surface area contributed by atoms with Gasteiger partial charge in [0, 0.05) is 30.6 Å². The third kappa shape index (κ3) is 2.83. The van der Waals surface area contributed by atoms with Crippen molar-refractivity contribution in [3.63, 3.8) is 0 Å². The Hall–Kier alpha value is -1.46. The Morgan fingerprint density at radius 3 is 3.25 bits per heavy atom. The normalized spacial score (nSPS) is 20.6. The first-order valence-electron chi connectivity index (χ1n) is 7.50. The second-order valence-electron chi connectivity index (χ2n) is 5.33. The SMILES string of the molecule is CCNC(CCC1CCCO1)c1cnn2ccncc12. The van der Waals surface area contributed by atoms with Gasteiger partial charge in [-0.15, -0.1) is 0 Å². The van der Waals surface area contributed by atoms with E-state index in [1.807, 2.05) is 23.1 Å². The molecular formula is C15H22N4O. The number of fused-ring (bicyclic) bond motifs is 1. The third-order valence-corrected chi connectivity index (χ3v) is 3.98. The van der Waals surface area contributed by atoms with E-state index >= 15 is 0 Å². The monoisotopic (exact) mass is 274 g/mol. The van der Waals surface area contributed by atoms with E-state index in [0.717, 1.165) is 31.5 Å². The molecule has 5 nitrogen and oxygen atoms in total.